The van der Waals surface area contributed by atoms with Gasteiger partial charge in [-0.15, -0.1) is 0 Å². The molecule has 15 nitrogen and oxygen atoms in total. The van der Waals surface area contributed by atoms with Gasteiger partial charge in [-0.1, -0.05) is 27.7 Å². The van der Waals surface area contributed by atoms with Gasteiger partial charge in [0.25, 0.3) is 0 Å². The molecule has 242 valence electrons. The van der Waals surface area contributed by atoms with Gasteiger partial charge in [0.05, 0.1) is 30.9 Å². The molecule has 44 heavy (non-hydrogen) atoms. The molecule has 0 amide bonds. The summed E-state index contributed by atoms with van der Waals surface area (Å²) in [7, 11) is 3.22. The fourth-order valence-corrected chi connectivity index (χ4v) is 4.52. The van der Waals surface area contributed by atoms with E-state index in [0.717, 1.165) is 13.0 Å². The Labute approximate surface area is 256 Å². The van der Waals surface area contributed by atoms with Gasteiger partial charge in [-0.2, -0.15) is 10.4 Å². The number of anilines is 1. The van der Waals surface area contributed by atoms with Crippen LogP contribution >= 0.6 is 0 Å². The zero-order chi connectivity index (χ0) is 32.6. The number of carbonyl (C=O) groups excluding carboxylic acids is 3. The van der Waals surface area contributed by atoms with Crippen LogP contribution in [0.2, 0.25) is 0 Å². The molecule has 1 fully saturated rings. The lowest BCUT2D eigenvalue weighted by molar-refractivity contribution is -0.201. The molecular weight excluding hydrogens is 574 g/mol. The fourth-order valence-electron chi connectivity index (χ4n) is 4.52. The highest BCUT2D eigenvalue weighted by atomic mass is 16.6. The molecule has 0 spiro atoms. The van der Waals surface area contributed by atoms with Crippen LogP contribution in [-0.4, -0.2) is 102 Å². The molecule has 0 aromatic carbocycles. The Morgan fingerprint density at radius 1 is 1.14 bits per heavy atom. The number of nitriles is 1. The first-order chi connectivity index (χ1) is 20.8. The number of aromatic nitrogens is 3. The van der Waals surface area contributed by atoms with Crippen molar-refractivity contribution >= 4 is 29.2 Å². The molecule has 2 aromatic heterocycles. The summed E-state index contributed by atoms with van der Waals surface area (Å²) in [5, 5.41) is 17.6. The highest BCUT2D eigenvalue weighted by molar-refractivity contribution is 5.75. The number of nitrogen functional groups attached to an aromatic ring is 1. The number of nitrogens with zero attached hydrogens (tertiary/aromatic N) is 5. The van der Waals surface area contributed by atoms with Crippen molar-refractivity contribution in [2.24, 2.45) is 11.8 Å². The molecule has 2 aromatic rings. The Morgan fingerprint density at radius 2 is 1.82 bits per heavy atom. The standard InChI is InChI=1S/C29H43N7O8/c1-17(2)26(37)43-23(21-8-9-22-25(31)32-15-34-36(21)22)24(44-27(38)18(3)4)29(13-30,40-7)14-41-16-33-19(5)28(39)42-20-10-11-35(6)12-20/h8-9,15,17-20,23-24,33H,10-12,14,16H2,1-7H3,(H2,31,32,34)/t19-,20-,23-,24-,29?/m0/s1. The SMILES string of the molecule is COC(C#N)(COCN[C@@H](C)C(=O)O[C@H]1CCN(C)C1)[C@@H](OC(=O)C(C)C)[C@@H](OC(=O)C(C)C)c1ccc2c(N)ncnn12. The number of hydrogen-bond acceptors (Lipinski definition) is 14. The maximum Gasteiger partial charge on any atom is 0.323 e. The van der Waals surface area contributed by atoms with E-state index in [9.17, 15) is 19.6 Å². The normalized spacial score (nSPS) is 18.9. The van der Waals surface area contributed by atoms with Crippen LogP contribution < -0.4 is 11.1 Å². The van der Waals surface area contributed by atoms with Crippen molar-refractivity contribution in [1.82, 2.24) is 24.8 Å². The molecule has 0 radical (unpaired) electrons. The number of likely N-dealkylation sites (tertiary alicyclic amines) is 1. The third kappa shape index (κ3) is 8.20. The first kappa shape index (κ1) is 34.6. The Bertz CT molecular complexity index is 1340. The first-order valence-electron chi connectivity index (χ1n) is 14.5. The van der Waals surface area contributed by atoms with E-state index in [0.29, 0.717) is 12.1 Å². The van der Waals surface area contributed by atoms with Gasteiger partial charge in [0, 0.05) is 20.2 Å². The minimum Gasteiger partial charge on any atom is -0.460 e. The topological polar surface area (TPSA) is 193 Å². The van der Waals surface area contributed by atoms with Gasteiger partial charge in [-0.3, -0.25) is 19.7 Å². The summed E-state index contributed by atoms with van der Waals surface area (Å²) < 4.78 is 30.2. The summed E-state index contributed by atoms with van der Waals surface area (Å²) in [6.45, 7) is 9.09. The lowest BCUT2D eigenvalue weighted by atomic mass is 9.92. The summed E-state index contributed by atoms with van der Waals surface area (Å²) in [5.41, 5.74) is 4.72. The second-order valence-corrected chi connectivity index (χ2v) is 11.5. The fraction of sp³-hybridized carbons (Fsp3) is 0.655. The molecule has 3 N–H and O–H groups in total. The molecule has 0 bridgehead atoms. The molecule has 1 aliphatic heterocycles. The summed E-state index contributed by atoms with van der Waals surface area (Å²) in [5.74, 6) is -2.71. The zero-order valence-electron chi connectivity index (χ0n) is 26.3. The highest BCUT2D eigenvalue weighted by Crippen LogP contribution is 2.35. The maximum absolute atomic E-state index is 13.0. The third-order valence-electron chi connectivity index (χ3n) is 7.31. The van der Waals surface area contributed by atoms with Crippen molar-refractivity contribution in [3.8, 4) is 6.07 Å². The van der Waals surface area contributed by atoms with E-state index < -0.39 is 60.2 Å². The van der Waals surface area contributed by atoms with Crippen molar-refractivity contribution in [2.45, 2.75) is 71.0 Å². The number of methoxy groups -OCH3 is 1. The molecule has 3 heterocycles. The van der Waals surface area contributed by atoms with Crippen LogP contribution in [0.4, 0.5) is 5.82 Å². The Kier molecular flexibility index (Phi) is 12.0. The first-order valence-corrected chi connectivity index (χ1v) is 14.5. The number of hydrogen-bond donors (Lipinski definition) is 2. The van der Waals surface area contributed by atoms with Crippen LogP contribution in [0.5, 0.6) is 0 Å². The number of nitrogens with two attached hydrogens (primary N) is 1. The van der Waals surface area contributed by atoms with E-state index in [-0.39, 0.29) is 24.3 Å². The van der Waals surface area contributed by atoms with Crippen LogP contribution in [-0.2, 0) is 38.1 Å². The van der Waals surface area contributed by atoms with Gasteiger partial charge in [0.15, 0.2) is 18.0 Å². The highest BCUT2D eigenvalue weighted by Gasteiger charge is 2.51. The minimum absolute atomic E-state index is 0.163. The second kappa shape index (κ2) is 15.2. The number of esters is 3. The second-order valence-electron chi connectivity index (χ2n) is 11.5. The van der Waals surface area contributed by atoms with Gasteiger partial charge >= 0.3 is 17.9 Å². The molecule has 1 saturated heterocycles. The third-order valence-corrected chi connectivity index (χ3v) is 7.31. The monoisotopic (exact) mass is 617 g/mol. The minimum atomic E-state index is -1.98. The molecule has 1 unspecified atom stereocenters. The Balaban J connectivity index is 1.89. The van der Waals surface area contributed by atoms with E-state index >= 15 is 0 Å². The van der Waals surface area contributed by atoms with Crippen molar-refractivity contribution < 1.29 is 38.1 Å². The largest absolute Gasteiger partial charge is 0.460 e. The lowest BCUT2D eigenvalue weighted by Gasteiger charge is -2.37. The van der Waals surface area contributed by atoms with Crippen molar-refractivity contribution in [3.63, 3.8) is 0 Å². The van der Waals surface area contributed by atoms with Crippen molar-refractivity contribution in [2.75, 3.05) is 46.3 Å². The van der Waals surface area contributed by atoms with E-state index in [1.807, 2.05) is 7.05 Å². The van der Waals surface area contributed by atoms with Gasteiger partial charge in [-0.25, -0.2) is 9.50 Å². The zero-order valence-corrected chi connectivity index (χ0v) is 26.3. The van der Waals surface area contributed by atoms with E-state index in [1.54, 1.807) is 46.8 Å². The molecule has 15 heteroatoms. The average Bonchev–Trinajstić information content (AvgIpc) is 3.61. The van der Waals surface area contributed by atoms with Gasteiger partial charge in [-0.05, 0) is 32.5 Å². The van der Waals surface area contributed by atoms with Crippen molar-refractivity contribution in [3.05, 3.63) is 24.2 Å². The van der Waals surface area contributed by atoms with E-state index in [4.69, 9.17) is 29.4 Å². The number of likely N-dealkylation sites (N-methyl/N-ethyl adjacent to an activating group) is 1. The van der Waals surface area contributed by atoms with Crippen molar-refractivity contribution in [1.29, 1.82) is 5.26 Å². The summed E-state index contributed by atoms with van der Waals surface area (Å²) in [6.07, 6.45) is -1.09. The quantitative estimate of drug-likeness (QED) is 0.125. The molecule has 0 saturated carbocycles. The summed E-state index contributed by atoms with van der Waals surface area (Å²) >= 11 is 0. The number of rotatable bonds is 15. The average molecular weight is 618 g/mol. The smallest absolute Gasteiger partial charge is 0.323 e. The van der Waals surface area contributed by atoms with E-state index in [2.05, 4.69) is 26.4 Å². The lowest BCUT2D eigenvalue weighted by Crippen LogP contribution is -2.54. The number of fused-ring (bicyclic) bond motifs is 1. The van der Waals surface area contributed by atoms with Crippen LogP contribution in [0, 0.1) is 23.2 Å². The van der Waals surface area contributed by atoms with E-state index in [1.165, 1.54) is 18.0 Å². The molecule has 1 aliphatic rings. The van der Waals surface area contributed by atoms with Gasteiger partial charge < -0.3 is 34.3 Å². The van der Waals surface area contributed by atoms with Crippen LogP contribution in [0.3, 0.4) is 0 Å². The molecule has 5 atom stereocenters. The summed E-state index contributed by atoms with van der Waals surface area (Å²) in [4.78, 5) is 44.6. The van der Waals surface area contributed by atoms with Crippen LogP contribution in [0.25, 0.3) is 5.52 Å². The Morgan fingerprint density at radius 3 is 2.41 bits per heavy atom. The maximum atomic E-state index is 13.0. The summed E-state index contributed by atoms with van der Waals surface area (Å²) in [6, 6.07) is 4.57. The van der Waals surface area contributed by atoms with Crippen LogP contribution in [0.1, 0.15) is 52.8 Å². The number of ether oxygens (including phenoxy) is 5. The van der Waals surface area contributed by atoms with Gasteiger partial charge in [0.2, 0.25) is 5.60 Å². The predicted octanol–water partition coefficient (Wildman–Crippen LogP) is 1.23. The Hall–Kier alpha value is -3.84. The van der Waals surface area contributed by atoms with Crippen LogP contribution in [0.15, 0.2) is 18.5 Å². The van der Waals surface area contributed by atoms with Gasteiger partial charge in [0.1, 0.15) is 30.1 Å². The number of carbonyl (C=O) groups is 3. The molecular formula is C29H43N7O8. The molecule has 3 rings (SSSR count). The molecule has 0 aliphatic carbocycles. The number of nitrogens with one attached hydrogen (secondary N) is 1. The predicted molar refractivity (Wildman–Crippen MR) is 157 cm³/mol.